The van der Waals surface area contributed by atoms with Crippen molar-refractivity contribution >= 4 is 11.7 Å². The summed E-state index contributed by atoms with van der Waals surface area (Å²) in [4.78, 5) is 10.9. The maximum Gasteiger partial charge on any atom is 0.307 e. The number of anilines is 1. The van der Waals surface area contributed by atoms with Gasteiger partial charge in [0.2, 0.25) is 0 Å². The van der Waals surface area contributed by atoms with Gasteiger partial charge in [-0.05, 0) is 37.1 Å². The Morgan fingerprint density at radius 2 is 2.07 bits per heavy atom. The summed E-state index contributed by atoms with van der Waals surface area (Å²) in [6, 6.07) is 6.15. The van der Waals surface area contributed by atoms with E-state index >= 15 is 0 Å². The zero-order chi connectivity index (χ0) is 11.3. The molecule has 3 nitrogen and oxygen atoms in total. The second-order valence-electron chi connectivity index (χ2n) is 3.55. The van der Waals surface area contributed by atoms with Gasteiger partial charge in [0, 0.05) is 12.2 Å². The minimum absolute atomic E-state index is 0.189. The highest BCUT2D eigenvalue weighted by Gasteiger charge is 2.00. The van der Waals surface area contributed by atoms with E-state index in [1.54, 1.807) is 0 Å². The lowest BCUT2D eigenvalue weighted by Gasteiger charge is -2.07. The van der Waals surface area contributed by atoms with E-state index in [2.05, 4.69) is 36.0 Å². The standard InChI is InChI=1S/C12H17NO2/c1-9-4-5-11(8-10(9)2)13-7-6-12(14)15-3/h4-5,8,13H,6-7H2,1-3H3. The molecule has 0 aliphatic carbocycles. The lowest BCUT2D eigenvalue weighted by Crippen LogP contribution is -2.09. The molecule has 0 saturated heterocycles. The Bertz CT molecular complexity index is 347. The molecule has 0 radical (unpaired) electrons. The van der Waals surface area contributed by atoms with Crippen LogP contribution in [0.15, 0.2) is 18.2 Å². The van der Waals surface area contributed by atoms with E-state index < -0.39 is 0 Å². The van der Waals surface area contributed by atoms with Crippen LogP contribution in [0, 0.1) is 13.8 Å². The maximum atomic E-state index is 10.9. The molecule has 0 bridgehead atoms. The predicted octanol–water partition coefficient (Wildman–Crippen LogP) is 2.28. The van der Waals surface area contributed by atoms with Crippen LogP contribution in [0.1, 0.15) is 17.5 Å². The molecule has 0 saturated carbocycles. The fourth-order valence-electron chi connectivity index (χ4n) is 1.26. The first-order valence-corrected chi connectivity index (χ1v) is 5.01. The van der Waals surface area contributed by atoms with Gasteiger partial charge in [-0.2, -0.15) is 0 Å². The Labute approximate surface area is 90.4 Å². The summed E-state index contributed by atoms with van der Waals surface area (Å²) in [6.45, 7) is 4.75. The van der Waals surface area contributed by atoms with Crippen LogP contribution in [0.5, 0.6) is 0 Å². The molecule has 15 heavy (non-hydrogen) atoms. The normalized spacial score (nSPS) is 9.80. The zero-order valence-electron chi connectivity index (χ0n) is 9.46. The van der Waals surface area contributed by atoms with Crippen molar-refractivity contribution in [2.45, 2.75) is 20.3 Å². The minimum atomic E-state index is -0.189. The highest BCUT2D eigenvalue weighted by atomic mass is 16.5. The number of carbonyl (C=O) groups excluding carboxylic acids is 1. The first-order chi connectivity index (χ1) is 7.13. The molecule has 0 spiro atoms. The van der Waals surface area contributed by atoms with Crippen molar-refractivity contribution in [2.24, 2.45) is 0 Å². The molecule has 0 aliphatic rings. The molecule has 1 aromatic rings. The molecule has 0 aliphatic heterocycles. The van der Waals surface area contributed by atoms with E-state index in [9.17, 15) is 4.79 Å². The van der Waals surface area contributed by atoms with Crippen molar-refractivity contribution in [3.63, 3.8) is 0 Å². The molecule has 0 fully saturated rings. The van der Waals surface area contributed by atoms with Crippen molar-refractivity contribution in [3.8, 4) is 0 Å². The molecular formula is C12H17NO2. The largest absolute Gasteiger partial charge is 0.469 e. The number of aryl methyl sites for hydroxylation is 2. The topological polar surface area (TPSA) is 38.3 Å². The number of rotatable bonds is 4. The highest BCUT2D eigenvalue weighted by Crippen LogP contribution is 2.13. The summed E-state index contributed by atoms with van der Waals surface area (Å²) in [5, 5.41) is 3.18. The number of hydrogen-bond donors (Lipinski definition) is 1. The van der Waals surface area contributed by atoms with Crippen molar-refractivity contribution in [1.82, 2.24) is 0 Å². The summed E-state index contributed by atoms with van der Waals surface area (Å²) in [7, 11) is 1.40. The quantitative estimate of drug-likeness (QED) is 0.770. The smallest absolute Gasteiger partial charge is 0.307 e. The molecule has 0 atom stereocenters. The fraction of sp³-hybridized carbons (Fsp3) is 0.417. The van der Waals surface area contributed by atoms with Crippen molar-refractivity contribution in [1.29, 1.82) is 0 Å². The second-order valence-corrected chi connectivity index (χ2v) is 3.55. The Kier molecular flexibility index (Phi) is 4.16. The fourth-order valence-corrected chi connectivity index (χ4v) is 1.26. The zero-order valence-corrected chi connectivity index (χ0v) is 9.46. The van der Waals surface area contributed by atoms with Crippen LogP contribution in [0.4, 0.5) is 5.69 Å². The number of hydrogen-bond acceptors (Lipinski definition) is 3. The molecule has 1 rings (SSSR count). The maximum absolute atomic E-state index is 10.9. The third kappa shape index (κ3) is 3.62. The van der Waals surface area contributed by atoms with Gasteiger partial charge < -0.3 is 10.1 Å². The first-order valence-electron chi connectivity index (χ1n) is 5.01. The third-order valence-electron chi connectivity index (χ3n) is 2.39. The van der Waals surface area contributed by atoms with Crippen molar-refractivity contribution in [3.05, 3.63) is 29.3 Å². The average Bonchev–Trinajstić information content (AvgIpc) is 2.23. The van der Waals surface area contributed by atoms with Gasteiger partial charge in [0.05, 0.1) is 13.5 Å². The van der Waals surface area contributed by atoms with Gasteiger partial charge in [0.15, 0.2) is 0 Å². The summed E-state index contributed by atoms with van der Waals surface area (Å²) in [6.07, 6.45) is 0.392. The summed E-state index contributed by atoms with van der Waals surface area (Å²) >= 11 is 0. The number of esters is 1. The van der Waals surface area contributed by atoms with E-state index in [4.69, 9.17) is 0 Å². The Morgan fingerprint density at radius 3 is 2.67 bits per heavy atom. The second kappa shape index (κ2) is 5.39. The minimum Gasteiger partial charge on any atom is -0.469 e. The third-order valence-corrected chi connectivity index (χ3v) is 2.39. The number of nitrogens with one attached hydrogen (secondary N) is 1. The molecule has 1 N–H and O–H groups in total. The predicted molar refractivity (Wildman–Crippen MR) is 61.0 cm³/mol. The van der Waals surface area contributed by atoms with E-state index in [1.807, 2.05) is 6.07 Å². The van der Waals surface area contributed by atoms with E-state index in [0.717, 1.165) is 5.69 Å². The SMILES string of the molecule is COC(=O)CCNc1ccc(C)c(C)c1. The Hall–Kier alpha value is -1.51. The highest BCUT2D eigenvalue weighted by molar-refractivity contribution is 5.69. The molecule has 1 aromatic carbocycles. The Balaban J connectivity index is 2.44. The van der Waals surface area contributed by atoms with E-state index in [0.29, 0.717) is 13.0 Å². The molecule has 0 aromatic heterocycles. The molecule has 0 heterocycles. The number of ether oxygens (including phenoxy) is 1. The van der Waals surface area contributed by atoms with Crippen LogP contribution in [-0.2, 0) is 9.53 Å². The summed E-state index contributed by atoms with van der Waals surface area (Å²) < 4.78 is 4.55. The van der Waals surface area contributed by atoms with Gasteiger partial charge in [-0.25, -0.2) is 0 Å². The number of benzene rings is 1. The molecule has 0 unspecified atom stereocenters. The van der Waals surface area contributed by atoms with Gasteiger partial charge in [-0.1, -0.05) is 6.07 Å². The van der Waals surface area contributed by atoms with Crippen LogP contribution in [0.3, 0.4) is 0 Å². The number of carbonyl (C=O) groups is 1. The van der Waals surface area contributed by atoms with Crippen LogP contribution in [0.2, 0.25) is 0 Å². The Morgan fingerprint density at radius 1 is 1.33 bits per heavy atom. The number of methoxy groups -OCH3 is 1. The van der Waals surface area contributed by atoms with Crippen molar-refractivity contribution in [2.75, 3.05) is 19.0 Å². The lowest BCUT2D eigenvalue weighted by atomic mass is 10.1. The van der Waals surface area contributed by atoms with E-state index in [1.165, 1.54) is 18.2 Å². The molecule has 3 heteroatoms. The van der Waals surface area contributed by atoms with Gasteiger partial charge in [0.25, 0.3) is 0 Å². The lowest BCUT2D eigenvalue weighted by molar-refractivity contribution is -0.140. The van der Waals surface area contributed by atoms with Gasteiger partial charge in [0.1, 0.15) is 0 Å². The summed E-state index contributed by atoms with van der Waals surface area (Å²) in [5.41, 5.74) is 3.56. The van der Waals surface area contributed by atoms with Crippen LogP contribution < -0.4 is 5.32 Å². The molecular weight excluding hydrogens is 190 g/mol. The summed E-state index contributed by atoms with van der Waals surface area (Å²) in [5.74, 6) is -0.189. The van der Waals surface area contributed by atoms with Gasteiger partial charge in [-0.3, -0.25) is 4.79 Å². The molecule has 82 valence electrons. The monoisotopic (exact) mass is 207 g/mol. The average molecular weight is 207 g/mol. The van der Waals surface area contributed by atoms with Crippen molar-refractivity contribution < 1.29 is 9.53 Å². The van der Waals surface area contributed by atoms with Crippen LogP contribution in [-0.4, -0.2) is 19.6 Å². The first kappa shape index (κ1) is 11.6. The van der Waals surface area contributed by atoms with Crippen LogP contribution >= 0.6 is 0 Å². The van der Waals surface area contributed by atoms with E-state index in [-0.39, 0.29) is 5.97 Å². The van der Waals surface area contributed by atoms with Gasteiger partial charge in [-0.15, -0.1) is 0 Å². The van der Waals surface area contributed by atoms with Gasteiger partial charge >= 0.3 is 5.97 Å². The van der Waals surface area contributed by atoms with Crippen LogP contribution in [0.25, 0.3) is 0 Å². The molecule has 0 amide bonds.